The number of halogens is 3. The number of fused-ring (bicyclic) bond motifs is 3. The number of piperidine rings is 3. The van der Waals surface area contributed by atoms with Crippen LogP contribution in [0.3, 0.4) is 0 Å². The van der Waals surface area contributed by atoms with Crippen LogP contribution in [0, 0.1) is 23.5 Å². The molecule has 3 saturated heterocycles. The summed E-state index contributed by atoms with van der Waals surface area (Å²) in [5, 5.41) is 0.593. The zero-order valence-corrected chi connectivity index (χ0v) is 21.2. The molecule has 1 atom stereocenters. The largest absolute Gasteiger partial charge is 0.453 e. The molecule has 0 unspecified atom stereocenters. The lowest BCUT2D eigenvalue weighted by molar-refractivity contribution is -0.939. The van der Waals surface area contributed by atoms with Gasteiger partial charge in [-0.05, 0) is 65.6 Å². The highest BCUT2D eigenvalue weighted by Gasteiger charge is 2.47. The summed E-state index contributed by atoms with van der Waals surface area (Å²) in [6.45, 7) is 2.98. The van der Waals surface area contributed by atoms with Crippen LogP contribution in [0.15, 0.2) is 72.8 Å². The summed E-state index contributed by atoms with van der Waals surface area (Å²) in [6, 6.07) is 18.6. The van der Waals surface area contributed by atoms with E-state index in [0.717, 1.165) is 32.5 Å². The molecule has 6 rings (SSSR count). The van der Waals surface area contributed by atoms with E-state index in [1.54, 1.807) is 48.5 Å². The van der Waals surface area contributed by atoms with Gasteiger partial charge in [0.05, 0.1) is 26.1 Å². The molecule has 3 heterocycles. The Morgan fingerprint density at radius 3 is 2.08 bits per heavy atom. The summed E-state index contributed by atoms with van der Waals surface area (Å²) in [7, 11) is 0. The smallest absolute Gasteiger partial charge is 0.307 e. The van der Waals surface area contributed by atoms with Gasteiger partial charge in [-0.25, -0.2) is 8.78 Å². The standard InChI is InChI=1S/C30H29ClF2NO3/c31-25-9-7-21(8-10-25)28(35)19-34-13-11-20(12-14-34)24(18-34)17-29(36)37-30(22-3-1-5-26(32)15-22)23-4-2-6-27(33)16-23/h1-10,15-16,20,24,30H,11-14,17-19H2/q+1/t20?,24-,34?/m0/s1. The van der Waals surface area contributed by atoms with E-state index in [0.29, 0.717) is 38.7 Å². The van der Waals surface area contributed by atoms with Crippen LogP contribution in [0.4, 0.5) is 8.78 Å². The number of quaternary nitrogens is 1. The third-order valence-electron chi connectivity index (χ3n) is 7.86. The molecule has 7 heteroatoms. The lowest BCUT2D eigenvalue weighted by Gasteiger charge is -2.52. The maximum absolute atomic E-state index is 14.0. The highest BCUT2D eigenvalue weighted by atomic mass is 35.5. The van der Waals surface area contributed by atoms with E-state index in [9.17, 15) is 18.4 Å². The van der Waals surface area contributed by atoms with Gasteiger partial charge in [-0.1, -0.05) is 35.9 Å². The molecule has 0 aromatic heterocycles. The molecule has 2 bridgehead atoms. The fraction of sp³-hybridized carbons (Fsp3) is 0.333. The number of ether oxygens (including phenoxy) is 1. The Labute approximate surface area is 220 Å². The SMILES string of the molecule is O=C(C[C@H]1C[N+]2(CC(=O)c3ccc(Cl)cc3)CCC1CC2)OC(c1cccc(F)c1)c1cccc(F)c1. The topological polar surface area (TPSA) is 43.4 Å². The number of rotatable bonds is 8. The second-order valence-corrected chi connectivity index (χ2v) is 10.8. The Morgan fingerprint density at radius 1 is 0.919 bits per heavy atom. The Kier molecular flexibility index (Phi) is 7.40. The van der Waals surface area contributed by atoms with E-state index in [1.807, 2.05) is 0 Å². The van der Waals surface area contributed by atoms with Crippen LogP contribution in [0.1, 0.15) is 46.9 Å². The van der Waals surface area contributed by atoms with Crippen LogP contribution in [0.25, 0.3) is 0 Å². The third-order valence-corrected chi connectivity index (χ3v) is 8.12. The lowest BCUT2D eigenvalue weighted by atomic mass is 9.75. The number of hydrogen-bond donors (Lipinski definition) is 0. The van der Waals surface area contributed by atoms with E-state index in [1.165, 1.54) is 24.3 Å². The van der Waals surface area contributed by atoms with Gasteiger partial charge in [-0.2, -0.15) is 0 Å². The number of nitrogens with zero attached hydrogens (tertiary/aromatic N) is 1. The van der Waals surface area contributed by atoms with Crippen molar-refractivity contribution in [2.24, 2.45) is 11.8 Å². The number of carbonyl (C=O) groups excluding carboxylic acids is 2. The van der Waals surface area contributed by atoms with Crippen molar-refractivity contribution in [3.8, 4) is 0 Å². The minimum atomic E-state index is -0.908. The summed E-state index contributed by atoms with van der Waals surface area (Å²) >= 11 is 5.97. The maximum Gasteiger partial charge on any atom is 0.307 e. The van der Waals surface area contributed by atoms with Crippen LogP contribution in [-0.4, -0.2) is 42.4 Å². The second-order valence-electron chi connectivity index (χ2n) is 10.3. The fourth-order valence-corrected chi connectivity index (χ4v) is 6.11. The van der Waals surface area contributed by atoms with Crippen LogP contribution in [0.2, 0.25) is 5.02 Å². The quantitative estimate of drug-likeness (QED) is 0.195. The summed E-state index contributed by atoms with van der Waals surface area (Å²) in [5.74, 6) is -0.739. The Balaban J connectivity index is 1.29. The molecule has 0 aliphatic carbocycles. The molecular formula is C30H29ClF2NO3+. The minimum absolute atomic E-state index is 0.0793. The van der Waals surface area contributed by atoms with Crippen molar-refractivity contribution < 1.29 is 27.6 Å². The van der Waals surface area contributed by atoms with Crippen LogP contribution < -0.4 is 0 Å². The zero-order valence-electron chi connectivity index (χ0n) is 20.4. The molecule has 3 aliphatic rings. The molecule has 0 saturated carbocycles. The van der Waals surface area contributed by atoms with Gasteiger partial charge in [-0.3, -0.25) is 9.59 Å². The van der Waals surface area contributed by atoms with E-state index in [4.69, 9.17) is 16.3 Å². The second kappa shape index (κ2) is 10.7. The average molecular weight is 525 g/mol. The molecule has 0 N–H and O–H groups in total. The first-order valence-electron chi connectivity index (χ1n) is 12.6. The third kappa shape index (κ3) is 5.91. The molecule has 3 fully saturated rings. The average Bonchev–Trinajstić information content (AvgIpc) is 2.88. The molecule has 0 amide bonds. The number of hydrogen-bond acceptors (Lipinski definition) is 3. The summed E-state index contributed by atoms with van der Waals surface area (Å²) in [5.41, 5.74) is 1.54. The van der Waals surface area contributed by atoms with Gasteiger partial charge >= 0.3 is 5.97 Å². The normalized spacial score (nSPS) is 22.7. The van der Waals surface area contributed by atoms with Crippen molar-refractivity contribution in [2.45, 2.75) is 25.4 Å². The molecule has 0 spiro atoms. The Morgan fingerprint density at radius 2 is 1.51 bits per heavy atom. The first-order valence-corrected chi connectivity index (χ1v) is 13.0. The molecule has 37 heavy (non-hydrogen) atoms. The van der Waals surface area contributed by atoms with Gasteiger partial charge in [0.25, 0.3) is 0 Å². The first-order chi connectivity index (χ1) is 17.8. The fourth-order valence-electron chi connectivity index (χ4n) is 5.98. The number of esters is 1. The number of benzene rings is 3. The molecule has 0 radical (unpaired) electrons. The Bertz CT molecular complexity index is 1240. The molecular weight excluding hydrogens is 496 g/mol. The van der Waals surface area contributed by atoms with Crippen LogP contribution in [0.5, 0.6) is 0 Å². The molecule has 192 valence electrons. The van der Waals surface area contributed by atoms with Gasteiger partial charge in [0, 0.05) is 29.3 Å². The highest BCUT2D eigenvalue weighted by Crippen LogP contribution is 2.40. The summed E-state index contributed by atoms with van der Waals surface area (Å²) in [4.78, 5) is 26.2. The maximum atomic E-state index is 14.0. The predicted octanol–water partition coefficient (Wildman–Crippen LogP) is 6.38. The molecule has 3 aromatic rings. The molecule has 3 aliphatic heterocycles. The number of ketones is 1. The van der Waals surface area contributed by atoms with Crippen molar-refractivity contribution in [2.75, 3.05) is 26.2 Å². The van der Waals surface area contributed by atoms with Gasteiger partial charge in [0.1, 0.15) is 18.2 Å². The van der Waals surface area contributed by atoms with Crippen LogP contribution in [-0.2, 0) is 9.53 Å². The predicted molar refractivity (Wildman–Crippen MR) is 137 cm³/mol. The van der Waals surface area contributed by atoms with Gasteiger partial charge in [0.2, 0.25) is 5.78 Å². The number of Topliss-reactive ketones (excluding diaryl/α,β-unsaturated/α-hetero) is 1. The van der Waals surface area contributed by atoms with Crippen molar-refractivity contribution in [3.63, 3.8) is 0 Å². The van der Waals surface area contributed by atoms with E-state index in [2.05, 4.69) is 0 Å². The van der Waals surface area contributed by atoms with Crippen molar-refractivity contribution >= 4 is 23.4 Å². The zero-order chi connectivity index (χ0) is 26.0. The van der Waals surface area contributed by atoms with E-state index in [-0.39, 0.29) is 18.1 Å². The van der Waals surface area contributed by atoms with Crippen molar-refractivity contribution in [3.05, 3.63) is 106 Å². The highest BCUT2D eigenvalue weighted by molar-refractivity contribution is 6.30. The van der Waals surface area contributed by atoms with E-state index >= 15 is 0 Å². The summed E-state index contributed by atoms with van der Waals surface area (Å²) in [6.07, 6.45) is 1.22. The van der Waals surface area contributed by atoms with E-state index < -0.39 is 23.7 Å². The van der Waals surface area contributed by atoms with Gasteiger partial charge < -0.3 is 9.22 Å². The van der Waals surface area contributed by atoms with Crippen LogP contribution >= 0.6 is 11.6 Å². The monoisotopic (exact) mass is 524 g/mol. The van der Waals surface area contributed by atoms with Crippen molar-refractivity contribution in [1.82, 2.24) is 0 Å². The first kappa shape index (κ1) is 25.6. The molecule has 3 aromatic carbocycles. The van der Waals surface area contributed by atoms with Gasteiger partial charge in [-0.15, -0.1) is 0 Å². The van der Waals surface area contributed by atoms with Crippen molar-refractivity contribution in [1.29, 1.82) is 0 Å². The summed E-state index contributed by atoms with van der Waals surface area (Å²) < 4.78 is 34.5. The lowest BCUT2D eigenvalue weighted by Crippen LogP contribution is -2.63. The minimum Gasteiger partial charge on any atom is -0.453 e. The Hall–Kier alpha value is -3.09. The molecule has 4 nitrogen and oxygen atoms in total. The van der Waals surface area contributed by atoms with Gasteiger partial charge in [0.15, 0.2) is 6.10 Å². The number of carbonyl (C=O) groups is 2.